The van der Waals surface area contributed by atoms with E-state index in [2.05, 4.69) is 10.6 Å². The van der Waals surface area contributed by atoms with Crippen molar-refractivity contribution >= 4 is 46.6 Å². The van der Waals surface area contributed by atoms with Crippen LogP contribution in [0.2, 0.25) is 10.0 Å². The number of carbonyl (C=O) groups excluding carboxylic acids is 3. The van der Waals surface area contributed by atoms with Gasteiger partial charge in [-0.2, -0.15) is 0 Å². The lowest BCUT2D eigenvalue weighted by Crippen LogP contribution is -2.38. The minimum absolute atomic E-state index is 0.0845. The highest BCUT2D eigenvalue weighted by Gasteiger charge is 2.18. The van der Waals surface area contributed by atoms with Crippen molar-refractivity contribution in [3.8, 4) is 0 Å². The zero-order chi connectivity index (χ0) is 23.7. The predicted octanol–water partition coefficient (Wildman–Crippen LogP) is 4.66. The maximum absolute atomic E-state index is 13.6. The van der Waals surface area contributed by atoms with Gasteiger partial charge in [-0.3, -0.25) is 14.4 Å². The fraction of sp³-hybridized carbons (Fsp3) is 0.318. The number of carbonyl (C=O) groups is 3. The summed E-state index contributed by atoms with van der Waals surface area (Å²) < 4.78 is 26.6. The molecule has 2 aromatic rings. The van der Waals surface area contributed by atoms with E-state index >= 15 is 0 Å². The number of nitrogens with one attached hydrogen (secondary N) is 2. The average molecular weight is 486 g/mol. The highest BCUT2D eigenvalue weighted by atomic mass is 35.5. The molecular formula is C22H23Cl2F2N3O3. The van der Waals surface area contributed by atoms with Crippen LogP contribution in [0, 0.1) is 11.6 Å². The first-order valence-corrected chi connectivity index (χ1v) is 10.7. The Hall–Kier alpha value is -2.71. The normalized spacial score (nSPS) is 10.5. The van der Waals surface area contributed by atoms with Gasteiger partial charge in [-0.05, 0) is 43.2 Å². The Morgan fingerprint density at radius 1 is 1.06 bits per heavy atom. The standard InChI is InChI=1S/C22H23Cl2F2N3O3/c1-2-10-29(13-20(30)28-19-8-5-14(23)11-17(19)24)21(31)4-3-9-27-22(32)16-7-6-15(25)12-18(16)26/h5-8,11-12H,2-4,9-10,13H2,1H3,(H,27,32)(H,28,30). The van der Waals surface area contributed by atoms with Crippen molar-refractivity contribution in [3.05, 3.63) is 63.6 Å². The molecule has 32 heavy (non-hydrogen) atoms. The van der Waals surface area contributed by atoms with Gasteiger partial charge in [0.25, 0.3) is 5.91 Å². The van der Waals surface area contributed by atoms with Gasteiger partial charge in [0.1, 0.15) is 11.6 Å². The Labute approximate surface area is 194 Å². The van der Waals surface area contributed by atoms with Crippen LogP contribution < -0.4 is 10.6 Å². The third kappa shape index (κ3) is 7.76. The summed E-state index contributed by atoms with van der Waals surface area (Å²) in [4.78, 5) is 38.3. The van der Waals surface area contributed by atoms with Crippen LogP contribution in [0.5, 0.6) is 0 Å². The molecule has 2 rings (SSSR count). The molecular weight excluding hydrogens is 463 g/mol. The topological polar surface area (TPSA) is 78.5 Å². The summed E-state index contributed by atoms with van der Waals surface area (Å²) >= 11 is 11.9. The Balaban J connectivity index is 1.83. The van der Waals surface area contributed by atoms with Crippen molar-refractivity contribution in [3.63, 3.8) is 0 Å². The summed E-state index contributed by atoms with van der Waals surface area (Å²) in [5.41, 5.74) is 0.114. The van der Waals surface area contributed by atoms with Gasteiger partial charge in [0, 0.05) is 30.6 Å². The van der Waals surface area contributed by atoms with Gasteiger partial charge in [0.05, 0.1) is 22.8 Å². The van der Waals surface area contributed by atoms with E-state index in [9.17, 15) is 23.2 Å². The van der Waals surface area contributed by atoms with Crippen molar-refractivity contribution in [2.75, 3.05) is 25.0 Å². The molecule has 0 radical (unpaired) electrons. The number of hydrogen-bond acceptors (Lipinski definition) is 3. The lowest BCUT2D eigenvalue weighted by atomic mass is 10.2. The Bertz CT molecular complexity index is 989. The third-order valence-electron chi connectivity index (χ3n) is 4.41. The maximum atomic E-state index is 13.6. The van der Waals surface area contributed by atoms with E-state index in [1.807, 2.05) is 6.92 Å². The zero-order valence-electron chi connectivity index (χ0n) is 17.4. The van der Waals surface area contributed by atoms with E-state index in [0.29, 0.717) is 29.7 Å². The maximum Gasteiger partial charge on any atom is 0.254 e. The van der Waals surface area contributed by atoms with Crippen molar-refractivity contribution < 1.29 is 23.2 Å². The fourth-order valence-electron chi connectivity index (χ4n) is 2.88. The molecule has 0 bridgehead atoms. The first-order chi connectivity index (χ1) is 15.2. The molecule has 0 atom stereocenters. The first-order valence-electron chi connectivity index (χ1n) is 9.97. The number of nitrogens with zero attached hydrogens (tertiary/aromatic N) is 1. The summed E-state index contributed by atoms with van der Waals surface area (Å²) in [5.74, 6) is -3.09. The molecule has 0 unspecified atom stereocenters. The van der Waals surface area contributed by atoms with Gasteiger partial charge >= 0.3 is 0 Å². The van der Waals surface area contributed by atoms with E-state index in [4.69, 9.17) is 23.2 Å². The van der Waals surface area contributed by atoms with Crippen LogP contribution in [0.3, 0.4) is 0 Å². The number of benzene rings is 2. The molecule has 0 spiro atoms. The molecule has 0 heterocycles. The SMILES string of the molecule is CCCN(CC(=O)Nc1ccc(Cl)cc1Cl)C(=O)CCCNC(=O)c1ccc(F)cc1F. The monoisotopic (exact) mass is 485 g/mol. The van der Waals surface area contributed by atoms with Gasteiger partial charge in [-0.15, -0.1) is 0 Å². The Morgan fingerprint density at radius 3 is 2.47 bits per heavy atom. The molecule has 0 aliphatic rings. The van der Waals surface area contributed by atoms with Crippen LogP contribution in [0.1, 0.15) is 36.5 Å². The summed E-state index contributed by atoms with van der Waals surface area (Å²) in [7, 11) is 0. The molecule has 2 aromatic carbocycles. The first kappa shape index (κ1) is 25.5. The van der Waals surface area contributed by atoms with Gasteiger partial charge in [0.2, 0.25) is 11.8 Å². The van der Waals surface area contributed by atoms with Crippen LogP contribution in [-0.4, -0.2) is 42.3 Å². The van der Waals surface area contributed by atoms with Gasteiger partial charge < -0.3 is 15.5 Å². The molecule has 10 heteroatoms. The summed E-state index contributed by atoms with van der Waals surface area (Å²) in [6, 6.07) is 7.33. The summed E-state index contributed by atoms with van der Waals surface area (Å²) in [6.45, 7) is 2.23. The molecule has 172 valence electrons. The largest absolute Gasteiger partial charge is 0.352 e. The van der Waals surface area contributed by atoms with Crippen LogP contribution in [0.15, 0.2) is 36.4 Å². The van der Waals surface area contributed by atoms with E-state index < -0.39 is 23.4 Å². The van der Waals surface area contributed by atoms with E-state index in [1.54, 1.807) is 12.1 Å². The molecule has 0 aromatic heterocycles. The number of halogens is 4. The molecule has 0 fully saturated rings. The Kier molecular flexibility index (Phi) is 9.87. The predicted molar refractivity (Wildman–Crippen MR) is 120 cm³/mol. The quantitative estimate of drug-likeness (QED) is 0.480. The smallest absolute Gasteiger partial charge is 0.254 e. The van der Waals surface area contributed by atoms with Gasteiger partial charge in [-0.1, -0.05) is 30.1 Å². The van der Waals surface area contributed by atoms with Crippen LogP contribution in [0.4, 0.5) is 14.5 Å². The summed E-state index contributed by atoms with van der Waals surface area (Å²) in [6.07, 6.45) is 1.03. The lowest BCUT2D eigenvalue weighted by molar-refractivity contribution is -0.134. The minimum atomic E-state index is -0.959. The van der Waals surface area contributed by atoms with Crippen molar-refractivity contribution in [1.82, 2.24) is 10.2 Å². The number of amides is 3. The number of anilines is 1. The minimum Gasteiger partial charge on any atom is -0.352 e. The zero-order valence-corrected chi connectivity index (χ0v) is 18.9. The molecule has 0 saturated heterocycles. The van der Waals surface area contributed by atoms with Crippen molar-refractivity contribution in [2.24, 2.45) is 0 Å². The van der Waals surface area contributed by atoms with Crippen molar-refractivity contribution in [1.29, 1.82) is 0 Å². The highest BCUT2D eigenvalue weighted by Crippen LogP contribution is 2.25. The molecule has 0 aliphatic carbocycles. The van der Waals surface area contributed by atoms with Crippen LogP contribution in [-0.2, 0) is 9.59 Å². The molecule has 6 nitrogen and oxygen atoms in total. The van der Waals surface area contributed by atoms with E-state index in [-0.39, 0.29) is 42.4 Å². The molecule has 2 N–H and O–H groups in total. The molecule has 0 aliphatic heterocycles. The fourth-order valence-corrected chi connectivity index (χ4v) is 3.34. The second-order valence-electron chi connectivity index (χ2n) is 6.97. The number of hydrogen-bond donors (Lipinski definition) is 2. The lowest BCUT2D eigenvalue weighted by Gasteiger charge is -2.22. The van der Waals surface area contributed by atoms with Gasteiger partial charge in [-0.25, -0.2) is 8.78 Å². The summed E-state index contributed by atoms with van der Waals surface area (Å²) in [5, 5.41) is 5.86. The second-order valence-corrected chi connectivity index (χ2v) is 7.81. The van der Waals surface area contributed by atoms with Crippen molar-refractivity contribution in [2.45, 2.75) is 26.2 Å². The highest BCUT2D eigenvalue weighted by molar-refractivity contribution is 6.36. The second kappa shape index (κ2) is 12.4. The molecule has 3 amide bonds. The third-order valence-corrected chi connectivity index (χ3v) is 4.96. The van der Waals surface area contributed by atoms with Crippen LogP contribution in [0.25, 0.3) is 0 Å². The van der Waals surface area contributed by atoms with E-state index in [1.165, 1.54) is 11.0 Å². The Morgan fingerprint density at radius 2 is 1.81 bits per heavy atom. The molecule has 0 saturated carbocycles. The average Bonchev–Trinajstić information content (AvgIpc) is 2.72. The number of rotatable bonds is 10. The van der Waals surface area contributed by atoms with Crippen LogP contribution >= 0.6 is 23.2 Å². The van der Waals surface area contributed by atoms with Gasteiger partial charge in [0.15, 0.2) is 0 Å². The van der Waals surface area contributed by atoms with E-state index in [0.717, 1.165) is 12.1 Å².